The molecule has 80 valence electrons. The molecule has 2 atom stereocenters. The zero-order valence-electron chi connectivity index (χ0n) is 9.26. The van der Waals surface area contributed by atoms with Gasteiger partial charge in [-0.05, 0) is 31.6 Å². The summed E-state index contributed by atoms with van der Waals surface area (Å²) >= 11 is 0. The average molecular weight is 194 g/mol. The summed E-state index contributed by atoms with van der Waals surface area (Å²) in [5.74, 6) is 0. The summed E-state index contributed by atoms with van der Waals surface area (Å²) in [6.45, 7) is 6.07. The minimum Gasteiger partial charge on any atom is -0.314 e. The second-order valence-corrected chi connectivity index (χ2v) is 5.58. The number of rotatable bonds is 1. The Hall–Kier alpha value is -0.0800. The highest BCUT2D eigenvalue weighted by Gasteiger charge is 2.58. The van der Waals surface area contributed by atoms with Gasteiger partial charge in [-0.2, -0.15) is 0 Å². The minimum absolute atomic E-state index is 0.772. The van der Waals surface area contributed by atoms with Crippen LogP contribution in [0.2, 0.25) is 0 Å². The molecule has 3 aliphatic rings. The molecule has 1 saturated heterocycles. The Bertz CT molecular complexity index is 220. The predicted octanol–water partition coefficient (Wildman–Crippen LogP) is 1.61. The second kappa shape index (κ2) is 3.21. The smallest absolute Gasteiger partial charge is 0.0196 e. The lowest BCUT2D eigenvalue weighted by atomic mass is 10.0. The molecule has 2 unspecified atom stereocenters. The van der Waals surface area contributed by atoms with Gasteiger partial charge in [0.25, 0.3) is 0 Å². The Kier molecular flexibility index (Phi) is 2.10. The van der Waals surface area contributed by atoms with Crippen LogP contribution in [-0.4, -0.2) is 36.6 Å². The maximum Gasteiger partial charge on any atom is 0.0196 e. The molecule has 3 rings (SSSR count). The Morgan fingerprint density at radius 3 is 2.79 bits per heavy atom. The highest BCUT2D eigenvalue weighted by Crippen LogP contribution is 2.60. The van der Waals surface area contributed by atoms with E-state index < -0.39 is 0 Å². The van der Waals surface area contributed by atoms with Crippen LogP contribution in [-0.2, 0) is 0 Å². The van der Waals surface area contributed by atoms with Crippen LogP contribution >= 0.6 is 0 Å². The molecule has 2 saturated carbocycles. The molecule has 2 nitrogen and oxygen atoms in total. The van der Waals surface area contributed by atoms with Crippen molar-refractivity contribution in [3.8, 4) is 0 Å². The standard InChI is InChI=1S/C12H22N2/c1-10-9-13-6-7-14(10)11-8-12(11)4-2-3-5-12/h10-11,13H,2-9H2,1H3. The van der Waals surface area contributed by atoms with Crippen LogP contribution < -0.4 is 5.32 Å². The molecule has 0 aromatic carbocycles. The first kappa shape index (κ1) is 9.17. The van der Waals surface area contributed by atoms with E-state index in [1.807, 2.05) is 0 Å². The molecule has 0 aromatic rings. The molecule has 1 N–H and O–H groups in total. The third-order valence-corrected chi connectivity index (χ3v) is 4.70. The lowest BCUT2D eigenvalue weighted by Crippen LogP contribution is -2.51. The molecule has 14 heavy (non-hydrogen) atoms. The van der Waals surface area contributed by atoms with Gasteiger partial charge in [0.05, 0.1) is 0 Å². The summed E-state index contributed by atoms with van der Waals surface area (Å²) in [5, 5.41) is 3.48. The Balaban J connectivity index is 1.66. The number of nitrogens with one attached hydrogen (secondary N) is 1. The summed E-state index contributed by atoms with van der Waals surface area (Å²) in [7, 11) is 0. The molecule has 1 heterocycles. The van der Waals surface area contributed by atoms with Gasteiger partial charge in [0.15, 0.2) is 0 Å². The third-order valence-electron chi connectivity index (χ3n) is 4.70. The fraction of sp³-hybridized carbons (Fsp3) is 1.00. The lowest BCUT2D eigenvalue weighted by Gasteiger charge is -2.35. The van der Waals surface area contributed by atoms with Crippen LogP contribution in [0.15, 0.2) is 0 Å². The van der Waals surface area contributed by atoms with E-state index in [0.717, 1.165) is 17.5 Å². The molecule has 0 amide bonds. The van der Waals surface area contributed by atoms with E-state index in [9.17, 15) is 0 Å². The Morgan fingerprint density at radius 2 is 2.07 bits per heavy atom. The second-order valence-electron chi connectivity index (χ2n) is 5.58. The molecular formula is C12H22N2. The molecule has 1 aliphatic heterocycles. The highest BCUT2D eigenvalue weighted by molar-refractivity contribution is 5.12. The molecule has 2 aliphatic carbocycles. The largest absolute Gasteiger partial charge is 0.314 e. The first-order valence-corrected chi connectivity index (χ1v) is 6.28. The van der Waals surface area contributed by atoms with Crippen LogP contribution in [0.1, 0.15) is 39.0 Å². The Morgan fingerprint density at radius 1 is 1.29 bits per heavy atom. The molecule has 0 radical (unpaired) electrons. The van der Waals surface area contributed by atoms with Crippen molar-refractivity contribution in [2.24, 2.45) is 5.41 Å². The van der Waals surface area contributed by atoms with Gasteiger partial charge in [-0.1, -0.05) is 12.8 Å². The van der Waals surface area contributed by atoms with Crippen molar-refractivity contribution < 1.29 is 0 Å². The maximum atomic E-state index is 3.48. The lowest BCUT2D eigenvalue weighted by molar-refractivity contribution is 0.142. The molecular weight excluding hydrogens is 172 g/mol. The zero-order chi connectivity index (χ0) is 9.60. The van der Waals surface area contributed by atoms with E-state index in [1.54, 1.807) is 0 Å². The first-order valence-electron chi connectivity index (χ1n) is 6.28. The molecule has 0 aromatic heterocycles. The van der Waals surface area contributed by atoms with Gasteiger partial charge in [0.1, 0.15) is 0 Å². The zero-order valence-corrected chi connectivity index (χ0v) is 9.26. The van der Waals surface area contributed by atoms with Gasteiger partial charge in [0, 0.05) is 31.7 Å². The topological polar surface area (TPSA) is 15.3 Å². The van der Waals surface area contributed by atoms with Crippen LogP contribution in [0, 0.1) is 5.41 Å². The van der Waals surface area contributed by atoms with Gasteiger partial charge >= 0.3 is 0 Å². The van der Waals surface area contributed by atoms with Gasteiger partial charge < -0.3 is 5.32 Å². The van der Waals surface area contributed by atoms with Gasteiger partial charge in [-0.25, -0.2) is 0 Å². The maximum absolute atomic E-state index is 3.48. The van der Waals surface area contributed by atoms with E-state index in [0.29, 0.717) is 0 Å². The normalized spacial score (nSPS) is 41.8. The van der Waals surface area contributed by atoms with Crippen LogP contribution in [0.4, 0.5) is 0 Å². The van der Waals surface area contributed by atoms with Crippen molar-refractivity contribution in [3.63, 3.8) is 0 Å². The average Bonchev–Trinajstić information content (AvgIpc) is 2.67. The van der Waals surface area contributed by atoms with Gasteiger partial charge in [-0.3, -0.25) is 4.90 Å². The monoisotopic (exact) mass is 194 g/mol. The van der Waals surface area contributed by atoms with E-state index in [-0.39, 0.29) is 0 Å². The number of nitrogens with zero attached hydrogens (tertiary/aromatic N) is 1. The summed E-state index contributed by atoms with van der Waals surface area (Å²) in [4.78, 5) is 2.78. The quantitative estimate of drug-likeness (QED) is 0.682. The first-order chi connectivity index (χ1) is 6.82. The summed E-state index contributed by atoms with van der Waals surface area (Å²) < 4.78 is 0. The van der Waals surface area contributed by atoms with Gasteiger partial charge in [-0.15, -0.1) is 0 Å². The molecule has 0 bridgehead atoms. The highest BCUT2D eigenvalue weighted by atomic mass is 15.3. The van der Waals surface area contributed by atoms with E-state index in [2.05, 4.69) is 17.1 Å². The van der Waals surface area contributed by atoms with Crippen molar-refractivity contribution in [3.05, 3.63) is 0 Å². The molecule has 2 heteroatoms. The predicted molar refractivity (Wildman–Crippen MR) is 58.3 cm³/mol. The van der Waals surface area contributed by atoms with E-state index in [4.69, 9.17) is 0 Å². The summed E-state index contributed by atoms with van der Waals surface area (Å²) in [6, 6.07) is 1.73. The van der Waals surface area contributed by atoms with Crippen LogP contribution in [0.5, 0.6) is 0 Å². The summed E-state index contributed by atoms with van der Waals surface area (Å²) in [5.41, 5.74) is 0.797. The van der Waals surface area contributed by atoms with Crippen LogP contribution in [0.3, 0.4) is 0 Å². The molecule has 1 spiro atoms. The minimum atomic E-state index is 0.772. The molecule has 3 fully saturated rings. The van der Waals surface area contributed by atoms with Crippen molar-refractivity contribution in [1.29, 1.82) is 0 Å². The van der Waals surface area contributed by atoms with E-state index in [1.165, 1.54) is 51.7 Å². The number of hydrogen-bond acceptors (Lipinski definition) is 2. The fourth-order valence-corrected chi connectivity index (χ4v) is 3.73. The fourth-order valence-electron chi connectivity index (χ4n) is 3.73. The number of hydrogen-bond donors (Lipinski definition) is 1. The van der Waals surface area contributed by atoms with Crippen molar-refractivity contribution in [1.82, 2.24) is 10.2 Å². The van der Waals surface area contributed by atoms with Crippen LogP contribution in [0.25, 0.3) is 0 Å². The Labute approximate surface area is 87.0 Å². The van der Waals surface area contributed by atoms with E-state index >= 15 is 0 Å². The number of piperazine rings is 1. The van der Waals surface area contributed by atoms with Crippen molar-refractivity contribution in [2.75, 3.05) is 19.6 Å². The third kappa shape index (κ3) is 1.31. The van der Waals surface area contributed by atoms with Gasteiger partial charge in [0.2, 0.25) is 0 Å². The van der Waals surface area contributed by atoms with Crippen molar-refractivity contribution >= 4 is 0 Å². The SMILES string of the molecule is CC1CNCCN1C1CC12CCCC2. The summed E-state index contributed by atoms with van der Waals surface area (Å²) in [6.07, 6.45) is 7.55. The van der Waals surface area contributed by atoms with Crippen molar-refractivity contribution in [2.45, 2.75) is 51.1 Å².